The van der Waals surface area contributed by atoms with Gasteiger partial charge in [0.1, 0.15) is 0 Å². The van der Waals surface area contributed by atoms with Crippen LogP contribution < -0.4 is 14.4 Å². The highest BCUT2D eigenvalue weighted by Crippen LogP contribution is 2.32. The van der Waals surface area contributed by atoms with Crippen molar-refractivity contribution in [3.63, 3.8) is 0 Å². The number of piperazine rings is 1. The van der Waals surface area contributed by atoms with Crippen molar-refractivity contribution in [1.82, 2.24) is 9.47 Å². The van der Waals surface area contributed by atoms with E-state index in [0.29, 0.717) is 12.2 Å². The molecule has 1 aliphatic carbocycles. The monoisotopic (exact) mass is 383 g/mol. The van der Waals surface area contributed by atoms with Crippen LogP contribution in [-0.4, -0.2) is 62.2 Å². The molecule has 1 fully saturated rings. The number of ketones is 1. The van der Waals surface area contributed by atoms with E-state index in [2.05, 4.69) is 32.7 Å². The zero-order valence-electron chi connectivity index (χ0n) is 16.8. The number of fused-ring (bicyclic) bond motifs is 1. The first-order valence-corrected chi connectivity index (χ1v) is 10.1. The molecule has 0 radical (unpaired) electrons. The van der Waals surface area contributed by atoms with Crippen LogP contribution in [0.1, 0.15) is 28.9 Å². The molecule has 150 valence electrons. The van der Waals surface area contributed by atoms with Crippen LogP contribution in [0.4, 0.5) is 5.69 Å². The normalized spacial score (nSPS) is 17.5. The molecular formula is C22H29N3O3. The van der Waals surface area contributed by atoms with Crippen molar-refractivity contribution in [2.75, 3.05) is 51.8 Å². The average Bonchev–Trinajstić information content (AvgIpc) is 3.16. The van der Waals surface area contributed by atoms with Gasteiger partial charge in [-0.3, -0.25) is 9.69 Å². The molecule has 1 aromatic carbocycles. The van der Waals surface area contributed by atoms with Gasteiger partial charge in [0.05, 0.1) is 14.2 Å². The van der Waals surface area contributed by atoms with Gasteiger partial charge in [-0.25, -0.2) is 0 Å². The molecule has 4 rings (SSSR count). The second kappa shape index (κ2) is 8.27. The van der Waals surface area contributed by atoms with Crippen LogP contribution >= 0.6 is 0 Å². The van der Waals surface area contributed by atoms with Gasteiger partial charge in [0.2, 0.25) is 0 Å². The van der Waals surface area contributed by atoms with Gasteiger partial charge in [-0.1, -0.05) is 0 Å². The van der Waals surface area contributed by atoms with Crippen molar-refractivity contribution >= 4 is 11.5 Å². The van der Waals surface area contributed by atoms with Crippen LogP contribution in [0.15, 0.2) is 30.5 Å². The number of ether oxygens (including phenoxy) is 2. The lowest BCUT2D eigenvalue weighted by atomic mass is 9.97. The third-order valence-electron chi connectivity index (χ3n) is 5.96. The van der Waals surface area contributed by atoms with Crippen molar-refractivity contribution in [1.29, 1.82) is 0 Å². The summed E-state index contributed by atoms with van der Waals surface area (Å²) in [6.07, 6.45) is 4.81. The summed E-state index contributed by atoms with van der Waals surface area (Å²) < 4.78 is 13.1. The van der Waals surface area contributed by atoms with E-state index in [1.165, 1.54) is 11.4 Å². The third-order valence-corrected chi connectivity index (χ3v) is 5.96. The van der Waals surface area contributed by atoms with Crippen molar-refractivity contribution in [3.05, 3.63) is 41.7 Å². The number of rotatable bonds is 6. The minimum Gasteiger partial charge on any atom is -0.493 e. The molecule has 2 aliphatic rings. The predicted molar refractivity (Wildman–Crippen MR) is 110 cm³/mol. The summed E-state index contributed by atoms with van der Waals surface area (Å²) in [7, 11) is 3.33. The molecule has 0 N–H and O–H groups in total. The maximum absolute atomic E-state index is 12.0. The second-order valence-electron chi connectivity index (χ2n) is 7.51. The Morgan fingerprint density at radius 1 is 0.929 bits per heavy atom. The van der Waals surface area contributed by atoms with Crippen molar-refractivity contribution < 1.29 is 14.3 Å². The van der Waals surface area contributed by atoms with E-state index < -0.39 is 0 Å². The number of aromatic nitrogens is 1. The quantitative estimate of drug-likeness (QED) is 0.768. The van der Waals surface area contributed by atoms with Crippen molar-refractivity contribution in [2.24, 2.45) is 0 Å². The number of benzene rings is 1. The first-order valence-electron chi connectivity index (χ1n) is 10.1. The van der Waals surface area contributed by atoms with Crippen LogP contribution in [0, 0.1) is 0 Å². The Morgan fingerprint density at radius 2 is 1.71 bits per heavy atom. The number of hydrogen-bond acceptors (Lipinski definition) is 5. The van der Waals surface area contributed by atoms with Crippen LogP contribution in [0.25, 0.3) is 0 Å². The summed E-state index contributed by atoms with van der Waals surface area (Å²) in [5.41, 5.74) is 3.36. The Bertz CT molecular complexity index is 838. The Hall–Kier alpha value is -2.47. The van der Waals surface area contributed by atoms with Gasteiger partial charge in [0, 0.05) is 74.9 Å². The van der Waals surface area contributed by atoms with Gasteiger partial charge in [-0.2, -0.15) is 0 Å². The van der Waals surface area contributed by atoms with Gasteiger partial charge < -0.3 is 18.9 Å². The van der Waals surface area contributed by atoms with Crippen LogP contribution in [0.3, 0.4) is 0 Å². The molecule has 6 nitrogen and oxygen atoms in total. The summed E-state index contributed by atoms with van der Waals surface area (Å²) in [4.78, 5) is 16.9. The summed E-state index contributed by atoms with van der Waals surface area (Å²) >= 11 is 0. The standard InChI is InChI=1S/C22H29N3O3/c1-27-21-7-6-17(16-22(21)28-2)24-13-10-23(11-14-24)12-15-25-9-8-18-19(25)4-3-5-20(18)26/h6-9,16H,3-5,10-15H2,1-2H3. The topological polar surface area (TPSA) is 46.9 Å². The van der Waals surface area contributed by atoms with Gasteiger partial charge in [-0.15, -0.1) is 0 Å². The lowest BCUT2D eigenvalue weighted by Crippen LogP contribution is -2.47. The molecule has 28 heavy (non-hydrogen) atoms. The predicted octanol–water partition coefficient (Wildman–Crippen LogP) is 2.85. The molecule has 1 aliphatic heterocycles. The Kier molecular flexibility index (Phi) is 5.57. The fraction of sp³-hybridized carbons (Fsp3) is 0.500. The smallest absolute Gasteiger partial charge is 0.164 e. The Balaban J connectivity index is 1.32. The summed E-state index contributed by atoms with van der Waals surface area (Å²) in [6.45, 7) is 6.05. The first-order chi connectivity index (χ1) is 13.7. The number of methoxy groups -OCH3 is 2. The van der Waals surface area contributed by atoms with Crippen molar-refractivity contribution in [3.8, 4) is 11.5 Å². The van der Waals surface area contributed by atoms with Crippen LogP contribution in [-0.2, 0) is 13.0 Å². The number of Topliss-reactive ketones (excluding diaryl/α,β-unsaturated/α-hetero) is 1. The highest BCUT2D eigenvalue weighted by molar-refractivity contribution is 5.98. The van der Waals surface area contributed by atoms with Crippen LogP contribution in [0.2, 0.25) is 0 Å². The molecule has 1 saturated heterocycles. The minimum absolute atomic E-state index is 0.309. The Labute approximate surface area is 166 Å². The van der Waals surface area contributed by atoms with Crippen molar-refractivity contribution in [2.45, 2.75) is 25.8 Å². The largest absolute Gasteiger partial charge is 0.493 e. The minimum atomic E-state index is 0.309. The molecule has 0 amide bonds. The molecule has 2 heterocycles. The van der Waals surface area contributed by atoms with Gasteiger partial charge in [0.25, 0.3) is 0 Å². The molecule has 0 saturated carbocycles. The van der Waals surface area contributed by atoms with Gasteiger partial charge in [-0.05, 0) is 31.0 Å². The van der Waals surface area contributed by atoms with Gasteiger partial charge >= 0.3 is 0 Å². The second-order valence-corrected chi connectivity index (χ2v) is 7.51. The summed E-state index contributed by atoms with van der Waals surface area (Å²) in [6, 6.07) is 8.13. The van der Waals surface area contributed by atoms with E-state index in [0.717, 1.165) is 69.2 Å². The molecule has 1 aromatic heterocycles. The molecule has 6 heteroatoms. The summed E-state index contributed by atoms with van der Waals surface area (Å²) in [5.74, 6) is 1.84. The fourth-order valence-corrected chi connectivity index (χ4v) is 4.30. The fourth-order valence-electron chi connectivity index (χ4n) is 4.30. The van der Waals surface area contributed by atoms with E-state index in [-0.39, 0.29) is 0 Å². The van der Waals surface area contributed by atoms with Crippen LogP contribution in [0.5, 0.6) is 11.5 Å². The maximum atomic E-state index is 12.0. The van der Waals surface area contributed by atoms with Gasteiger partial charge in [0.15, 0.2) is 17.3 Å². The first kappa shape index (κ1) is 18.9. The zero-order chi connectivity index (χ0) is 19.5. The number of carbonyl (C=O) groups excluding carboxylic acids is 1. The number of hydrogen-bond donors (Lipinski definition) is 0. The number of nitrogens with zero attached hydrogens (tertiary/aromatic N) is 3. The Morgan fingerprint density at radius 3 is 2.46 bits per heavy atom. The number of carbonyl (C=O) groups is 1. The molecule has 0 bridgehead atoms. The maximum Gasteiger partial charge on any atom is 0.164 e. The average molecular weight is 383 g/mol. The SMILES string of the molecule is COc1ccc(N2CCN(CCn3ccc4c3CCCC4=O)CC2)cc1OC. The van der Waals surface area contributed by atoms with E-state index >= 15 is 0 Å². The highest BCUT2D eigenvalue weighted by atomic mass is 16.5. The molecule has 2 aromatic rings. The zero-order valence-corrected chi connectivity index (χ0v) is 16.8. The molecule has 0 atom stereocenters. The van der Waals surface area contributed by atoms with E-state index in [1.807, 2.05) is 12.1 Å². The summed E-state index contributed by atoms with van der Waals surface area (Å²) in [5, 5.41) is 0. The van der Waals surface area contributed by atoms with E-state index in [1.54, 1.807) is 14.2 Å². The van der Waals surface area contributed by atoms with E-state index in [4.69, 9.17) is 9.47 Å². The lowest BCUT2D eigenvalue weighted by Gasteiger charge is -2.36. The molecule has 0 unspecified atom stereocenters. The third kappa shape index (κ3) is 3.74. The molecule has 0 spiro atoms. The molecular weight excluding hydrogens is 354 g/mol. The highest BCUT2D eigenvalue weighted by Gasteiger charge is 2.22. The lowest BCUT2D eigenvalue weighted by molar-refractivity contribution is 0.0971. The number of anilines is 1. The van der Waals surface area contributed by atoms with E-state index in [9.17, 15) is 4.79 Å².